The van der Waals surface area contributed by atoms with Gasteiger partial charge in [0, 0.05) is 11.9 Å². The van der Waals surface area contributed by atoms with E-state index in [2.05, 4.69) is 42.0 Å². The minimum atomic E-state index is -0.258. The summed E-state index contributed by atoms with van der Waals surface area (Å²) in [7, 11) is 0. The molecule has 0 aliphatic carbocycles. The summed E-state index contributed by atoms with van der Waals surface area (Å²) in [6, 6.07) is 7.69. The number of hydrogen-bond donors (Lipinski definition) is 0. The maximum absolute atomic E-state index is 13.0. The van der Waals surface area contributed by atoms with Crippen molar-refractivity contribution in [1.82, 2.24) is 29.9 Å². The molecule has 0 saturated heterocycles. The highest BCUT2D eigenvalue weighted by Crippen LogP contribution is 2.22. The molecule has 6 aromatic heterocycles. The van der Waals surface area contributed by atoms with E-state index in [1.165, 1.54) is 32.4 Å². The quantitative estimate of drug-likeness (QED) is 0.218. The highest BCUT2D eigenvalue weighted by molar-refractivity contribution is 7.19. The van der Waals surface area contributed by atoms with Crippen LogP contribution in [0.4, 0.5) is 4.39 Å². The van der Waals surface area contributed by atoms with E-state index in [9.17, 15) is 4.39 Å². The summed E-state index contributed by atoms with van der Waals surface area (Å²) in [6.07, 6.45) is 1.85. The molecule has 0 N–H and O–H groups in total. The Balaban J connectivity index is 0.000000121. The third kappa shape index (κ3) is 5.75. The number of pyridine rings is 3. The van der Waals surface area contributed by atoms with Gasteiger partial charge in [-0.15, -0.1) is 34.0 Å². The molecule has 6 aromatic rings. The van der Waals surface area contributed by atoms with Crippen molar-refractivity contribution in [3.05, 3.63) is 68.3 Å². The van der Waals surface area contributed by atoms with Crippen molar-refractivity contribution in [3.8, 4) is 0 Å². The van der Waals surface area contributed by atoms with Gasteiger partial charge in [-0.25, -0.2) is 34.3 Å². The number of aromatic nitrogens is 6. The second kappa shape index (κ2) is 10.1. The van der Waals surface area contributed by atoms with Gasteiger partial charge in [-0.05, 0) is 71.4 Å². The van der Waals surface area contributed by atoms with Crippen LogP contribution in [0.25, 0.3) is 31.0 Å². The third-order valence-corrected chi connectivity index (χ3v) is 7.35. The van der Waals surface area contributed by atoms with Crippen LogP contribution in [0.3, 0.4) is 0 Å². The Morgan fingerprint density at radius 2 is 1.18 bits per heavy atom. The Hall–Kier alpha value is -2.95. The number of aryl methyl sites for hydroxylation is 6. The molecule has 0 bridgehead atoms. The smallest absolute Gasteiger partial charge is 0.170 e. The normalized spacial score (nSPS) is 10.8. The Labute approximate surface area is 208 Å². The molecule has 0 saturated carbocycles. The first-order valence-corrected chi connectivity index (χ1v) is 12.9. The van der Waals surface area contributed by atoms with Crippen molar-refractivity contribution in [2.45, 2.75) is 41.5 Å². The van der Waals surface area contributed by atoms with Crippen molar-refractivity contribution >= 4 is 65.1 Å². The first-order valence-electron chi connectivity index (χ1n) is 10.5. The molecule has 0 amide bonds. The predicted octanol–water partition coefficient (Wildman–Crippen LogP) is 7.06. The molecule has 0 radical (unpaired) electrons. The van der Waals surface area contributed by atoms with Crippen LogP contribution in [-0.2, 0) is 0 Å². The van der Waals surface area contributed by atoms with Crippen LogP contribution in [0.5, 0.6) is 0 Å². The first-order chi connectivity index (χ1) is 16.2. The molecule has 0 aliphatic rings. The van der Waals surface area contributed by atoms with Gasteiger partial charge in [0.15, 0.2) is 16.9 Å². The Morgan fingerprint density at radius 3 is 1.85 bits per heavy atom. The lowest BCUT2D eigenvalue weighted by Gasteiger charge is -1.92. The zero-order valence-corrected chi connectivity index (χ0v) is 22.1. The fourth-order valence-corrected chi connectivity index (χ4v) is 5.53. The summed E-state index contributed by atoms with van der Waals surface area (Å²) in [5.74, 6) is -0.258. The topological polar surface area (TPSA) is 77.3 Å². The van der Waals surface area contributed by atoms with Gasteiger partial charge < -0.3 is 0 Å². The summed E-state index contributed by atoms with van der Waals surface area (Å²) < 4.78 is 16.1. The van der Waals surface area contributed by atoms with Crippen molar-refractivity contribution < 1.29 is 4.39 Å². The molecular weight excluding hydrogens is 488 g/mol. The summed E-state index contributed by atoms with van der Waals surface area (Å²) >= 11 is 4.84. The van der Waals surface area contributed by atoms with Gasteiger partial charge in [-0.2, -0.15) is 0 Å². The molecule has 34 heavy (non-hydrogen) atoms. The average Bonchev–Trinajstić information content (AvgIpc) is 3.43. The van der Waals surface area contributed by atoms with Crippen molar-refractivity contribution in [3.63, 3.8) is 0 Å². The standard InChI is InChI=1S/C8H7FN2S.2C8H8N2S/c1-4-6(9)3-7-8(10-4)11-5(2)12-7;1-5-3-7-8(9-4-5)10-6(2)11-7;1-5-3-4-7-8(9-5)10-6(2)11-7/h3H,1-2H3;2*3-4H,1-2H3. The predicted molar refractivity (Wildman–Crippen MR) is 141 cm³/mol. The zero-order chi connectivity index (χ0) is 24.4. The maximum Gasteiger partial charge on any atom is 0.170 e. The van der Waals surface area contributed by atoms with Gasteiger partial charge in [-0.1, -0.05) is 0 Å². The van der Waals surface area contributed by atoms with E-state index in [0.717, 1.165) is 36.7 Å². The minimum Gasteiger partial charge on any atom is -0.236 e. The van der Waals surface area contributed by atoms with E-state index in [0.29, 0.717) is 11.3 Å². The molecule has 0 aromatic carbocycles. The van der Waals surface area contributed by atoms with Crippen LogP contribution in [-0.4, -0.2) is 29.9 Å². The van der Waals surface area contributed by atoms with Gasteiger partial charge in [0.25, 0.3) is 0 Å². The van der Waals surface area contributed by atoms with E-state index < -0.39 is 0 Å². The molecule has 174 valence electrons. The van der Waals surface area contributed by atoms with E-state index in [4.69, 9.17) is 0 Å². The monoisotopic (exact) mass is 510 g/mol. The van der Waals surface area contributed by atoms with Gasteiger partial charge in [0.1, 0.15) is 5.82 Å². The van der Waals surface area contributed by atoms with Gasteiger partial charge in [0.05, 0.1) is 34.8 Å². The summed E-state index contributed by atoms with van der Waals surface area (Å²) in [5, 5.41) is 3.08. The maximum atomic E-state index is 13.0. The first kappa shape index (κ1) is 24.2. The molecule has 10 heteroatoms. The Kier molecular flexibility index (Phi) is 7.20. The summed E-state index contributed by atoms with van der Waals surface area (Å²) in [5.41, 5.74) is 5.04. The highest BCUT2D eigenvalue weighted by Gasteiger charge is 2.05. The number of hydrogen-bond acceptors (Lipinski definition) is 9. The van der Waals surface area contributed by atoms with Crippen LogP contribution in [0, 0.1) is 47.4 Å². The third-order valence-electron chi connectivity index (χ3n) is 4.61. The Morgan fingerprint density at radius 1 is 0.618 bits per heavy atom. The number of nitrogens with zero attached hydrogens (tertiary/aromatic N) is 6. The van der Waals surface area contributed by atoms with Gasteiger partial charge in [0.2, 0.25) is 0 Å². The second-order valence-electron chi connectivity index (χ2n) is 7.68. The average molecular weight is 511 g/mol. The SMILES string of the molecule is Cc1ccc2sc(C)nc2n1.Cc1cnc2nc(C)sc2c1.Cc1nc2nc(C)c(F)cc2s1. The molecule has 6 rings (SSSR count). The molecule has 6 heterocycles. The molecule has 0 unspecified atom stereocenters. The van der Waals surface area contributed by atoms with Crippen molar-refractivity contribution in [2.24, 2.45) is 0 Å². The fraction of sp³-hybridized carbons (Fsp3) is 0.250. The van der Waals surface area contributed by atoms with Crippen molar-refractivity contribution in [1.29, 1.82) is 0 Å². The van der Waals surface area contributed by atoms with E-state index >= 15 is 0 Å². The zero-order valence-electron chi connectivity index (χ0n) is 19.7. The number of rotatable bonds is 0. The number of fused-ring (bicyclic) bond motifs is 3. The van der Waals surface area contributed by atoms with Crippen LogP contribution >= 0.6 is 34.0 Å². The molecule has 0 fully saturated rings. The summed E-state index contributed by atoms with van der Waals surface area (Å²) in [4.78, 5) is 25.2. The van der Waals surface area contributed by atoms with Gasteiger partial charge >= 0.3 is 0 Å². The molecule has 0 spiro atoms. The van der Waals surface area contributed by atoms with Crippen LogP contribution in [0.1, 0.15) is 32.0 Å². The van der Waals surface area contributed by atoms with E-state index in [1.807, 2.05) is 46.9 Å². The molecule has 0 aliphatic heterocycles. The lowest BCUT2D eigenvalue weighted by molar-refractivity contribution is 0.613. The highest BCUT2D eigenvalue weighted by atomic mass is 32.1. The van der Waals surface area contributed by atoms with Crippen LogP contribution in [0.2, 0.25) is 0 Å². The lowest BCUT2D eigenvalue weighted by atomic mass is 10.3. The van der Waals surface area contributed by atoms with Crippen LogP contribution < -0.4 is 0 Å². The Bertz CT molecular complexity index is 1480. The van der Waals surface area contributed by atoms with Crippen molar-refractivity contribution in [2.75, 3.05) is 0 Å². The molecule has 0 atom stereocenters. The fourth-order valence-electron chi connectivity index (χ4n) is 3.08. The number of halogens is 1. The summed E-state index contributed by atoms with van der Waals surface area (Å²) in [6.45, 7) is 11.6. The molecular formula is C24H23FN6S3. The van der Waals surface area contributed by atoms with E-state index in [1.54, 1.807) is 29.6 Å². The van der Waals surface area contributed by atoms with E-state index in [-0.39, 0.29) is 5.82 Å². The second-order valence-corrected chi connectivity index (χ2v) is 11.4. The van der Waals surface area contributed by atoms with Crippen LogP contribution in [0.15, 0.2) is 30.5 Å². The number of thiazole rings is 3. The lowest BCUT2D eigenvalue weighted by Crippen LogP contribution is -1.87. The molecule has 6 nitrogen and oxygen atoms in total. The largest absolute Gasteiger partial charge is 0.236 e. The minimum absolute atomic E-state index is 0.258. The van der Waals surface area contributed by atoms with Gasteiger partial charge in [-0.3, -0.25) is 0 Å².